The summed E-state index contributed by atoms with van der Waals surface area (Å²) >= 11 is 6.00. The SMILES string of the molecule is COc1cc(C(=O)Nc2nc3cc(Cl)ccc3n2C)ccc1OC(C)C. The summed E-state index contributed by atoms with van der Waals surface area (Å²) in [4.78, 5) is 17.1. The summed E-state index contributed by atoms with van der Waals surface area (Å²) in [6.07, 6.45) is 0.00963. The van der Waals surface area contributed by atoms with Crippen molar-refractivity contribution < 1.29 is 14.3 Å². The van der Waals surface area contributed by atoms with Crippen molar-refractivity contribution in [1.29, 1.82) is 0 Å². The monoisotopic (exact) mass is 373 g/mol. The number of carbonyl (C=O) groups is 1. The highest BCUT2D eigenvalue weighted by atomic mass is 35.5. The molecule has 3 aromatic rings. The number of fused-ring (bicyclic) bond motifs is 1. The first kappa shape index (κ1) is 18.1. The first-order valence-electron chi connectivity index (χ1n) is 8.17. The van der Waals surface area contributed by atoms with Gasteiger partial charge in [-0.3, -0.25) is 10.1 Å². The van der Waals surface area contributed by atoms with E-state index < -0.39 is 0 Å². The van der Waals surface area contributed by atoms with Crippen molar-refractivity contribution >= 4 is 34.5 Å². The van der Waals surface area contributed by atoms with Gasteiger partial charge in [0.15, 0.2) is 11.5 Å². The van der Waals surface area contributed by atoms with Crippen LogP contribution in [0.1, 0.15) is 24.2 Å². The molecule has 0 fully saturated rings. The third-order valence-electron chi connectivity index (χ3n) is 3.86. The fourth-order valence-corrected chi connectivity index (χ4v) is 2.78. The van der Waals surface area contributed by atoms with Crippen molar-refractivity contribution in [2.75, 3.05) is 12.4 Å². The fourth-order valence-electron chi connectivity index (χ4n) is 2.62. The zero-order chi connectivity index (χ0) is 18.8. The standard InChI is InChI=1S/C19H20ClN3O3/c1-11(2)26-16-8-5-12(9-17(16)25-4)18(24)22-19-21-14-10-13(20)6-7-15(14)23(19)3/h5-11H,1-4H3,(H,21,22,24). The van der Waals surface area contributed by atoms with E-state index in [-0.39, 0.29) is 12.0 Å². The smallest absolute Gasteiger partial charge is 0.258 e. The van der Waals surface area contributed by atoms with Crippen LogP contribution in [0.25, 0.3) is 11.0 Å². The highest BCUT2D eigenvalue weighted by Gasteiger charge is 2.15. The molecule has 1 N–H and O–H groups in total. The number of imidazole rings is 1. The molecule has 0 radical (unpaired) electrons. The number of carbonyl (C=O) groups excluding carboxylic acids is 1. The van der Waals surface area contributed by atoms with Crippen LogP contribution in [0.15, 0.2) is 36.4 Å². The summed E-state index contributed by atoms with van der Waals surface area (Å²) in [5.74, 6) is 1.25. The second-order valence-electron chi connectivity index (χ2n) is 6.11. The van der Waals surface area contributed by atoms with E-state index in [0.29, 0.717) is 33.6 Å². The summed E-state index contributed by atoms with van der Waals surface area (Å²) in [6.45, 7) is 3.86. The molecule has 0 saturated heterocycles. The fraction of sp³-hybridized carbons (Fsp3) is 0.263. The molecule has 2 aromatic carbocycles. The number of ether oxygens (including phenoxy) is 2. The Morgan fingerprint density at radius 1 is 1.19 bits per heavy atom. The molecule has 0 aliphatic rings. The van der Waals surface area contributed by atoms with E-state index in [1.54, 1.807) is 42.0 Å². The quantitative estimate of drug-likeness (QED) is 0.725. The van der Waals surface area contributed by atoms with Crippen molar-refractivity contribution in [2.24, 2.45) is 7.05 Å². The number of aryl methyl sites for hydroxylation is 1. The number of anilines is 1. The topological polar surface area (TPSA) is 65.4 Å². The Labute approximate surface area is 156 Å². The number of methoxy groups -OCH3 is 1. The maximum Gasteiger partial charge on any atom is 0.258 e. The third-order valence-corrected chi connectivity index (χ3v) is 4.09. The molecule has 0 unspecified atom stereocenters. The van der Waals surface area contributed by atoms with Crippen LogP contribution >= 0.6 is 11.6 Å². The number of benzene rings is 2. The van der Waals surface area contributed by atoms with Crippen molar-refractivity contribution in [3.05, 3.63) is 47.0 Å². The van der Waals surface area contributed by atoms with E-state index in [9.17, 15) is 4.79 Å². The van der Waals surface area contributed by atoms with Crippen LogP contribution in [-0.2, 0) is 7.05 Å². The summed E-state index contributed by atoms with van der Waals surface area (Å²) in [7, 11) is 3.37. The minimum Gasteiger partial charge on any atom is -0.493 e. The molecule has 6 nitrogen and oxygen atoms in total. The molecular weight excluding hydrogens is 354 g/mol. The summed E-state index contributed by atoms with van der Waals surface area (Å²) in [5, 5.41) is 3.42. The van der Waals surface area contributed by atoms with Gasteiger partial charge in [0.25, 0.3) is 5.91 Å². The van der Waals surface area contributed by atoms with E-state index >= 15 is 0 Å². The largest absolute Gasteiger partial charge is 0.493 e. The van der Waals surface area contributed by atoms with Gasteiger partial charge in [0.05, 0.1) is 24.2 Å². The number of hydrogen-bond acceptors (Lipinski definition) is 4. The number of amides is 1. The highest BCUT2D eigenvalue weighted by Crippen LogP contribution is 2.29. The maximum absolute atomic E-state index is 12.6. The number of nitrogens with one attached hydrogen (secondary N) is 1. The Balaban J connectivity index is 1.87. The number of rotatable bonds is 5. The summed E-state index contributed by atoms with van der Waals surface area (Å²) < 4.78 is 12.8. The zero-order valence-corrected chi connectivity index (χ0v) is 15.8. The van der Waals surface area contributed by atoms with Gasteiger partial charge < -0.3 is 14.0 Å². The van der Waals surface area contributed by atoms with Crippen LogP contribution in [0.5, 0.6) is 11.5 Å². The number of hydrogen-bond donors (Lipinski definition) is 1. The Hall–Kier alpha value is -2.73. The van der Waals surface area contributed by atoms with Gasteiger partial charge >= 0.3 is 0 Å². The van der Waals surface area contributed by atoms with Crippen LogP contribution < -0.4 is 14.8 Å². The van der Waals surface area contributed by atoms with Gasteiger partial charge in [0.1, 0.15) is 0 Å². The minimum absolute atomic E-state index is 0.00963. The molecule has 1 amide bonds. The molecule has 0 spiro atoms. The van der Waals surface area contributed by atoms with E-state index in [1.807, 2.05) is 27.0 Å². The van der Waals surface area contributed by atoms with Crippen LogP contribution in [0.4, 0.5) is 5.95 Å². The Morgan fingerprint density at radius 2 is 1.96 bits per heavy atom. The minimum atomic E-state index is -0.288. The third kappa shape index (κ3) is 3.60. The van der Waals surface area contributed by atoms with Gasteiger partial charge in [0.2, 0.25) is 5.95 Å². The molecule has 26 heavy (non-hydrogen) atoms. The van der Waals surface area contributed by atoms with Gasteiger partial charge in [-0.1, -0.05) is 11.6 Å². The van der Waals surface area contributed by atoms with Crippen LogP contribution in [0.2, 0.25) is 5.02 Å². The average Bonchev–Trinajstić information content (AvgIpc) is 2.89. The Morgan fingerprint density at radius 3 is 2.65 bits per heavy atom. The molecule has 0 aliphatic carbocycles. The second kappa shape index (κ2) is 7.25. The molecule has 0 atom stereocenters. The van der Waals surface area contributed by atoms with Crippen molar-refractivity contribution in [3.63, 3.8) is 0 Å². The lowest BCUT2D eigenvalue weighted by atomic mass is 10.2. The first-order chi connectivity index (χ1) is 12.4. The van der Waals surface area contributed by atoms with Crippen LogP contribution in [-0.4, -0.2) is 28.7 Å². The second-order valence-corrected chi connectivity index (χ2v) is 6.55. The van der Waals surface area contributed by atoms with E-state index in [0.717, 1.165) is 5.52 Å². The maximum atomic E-state index is 12.6. The van der Waals surface area contributed by atoms with Crippen molar-refractivity contribution in [3.8, 4) is 11.5 Å². The predicted molar refractivity (Wildman–Crippen MR) is 102 cm³/mol. The number of nitrogens with zero attached hydrogens (tertiary/aromatic N) is 2. The van der Waals surface area contributed by atoms with Crippen LogP contribution in [0, 0.1) is 0 Å². The molecule has 0 bridgehead atoms. The molecular formula is C19H20ClN3O3. The van der Waals surface area contributed by atoms with Crippen molar-refractivity contribution in [1.82, 2.24) is 9.55 Å². The summed E-state index contributed by atoms with van der Waals surface area (Å²) in [6, 6.07) is 10.5. The molecule has 1 aromatic heterocycles. The molecule has 0 saturated carbocycles. The van der Waals surface area contributed by atoms with Gasteiger partial charge in [-0.05, 0) is 50.2 Å². The molecule has 136 valence electrons. The lowest BCUT2D eigenvalue weighted by Gasteiger charge is -2.14. The van der Waals surface area contributed by atoms with Gasteiger partial charge in [0, 0.05) is 17.6 Å². The van der Waals surface area contributed by atoms with Crippen LogP contribution in [0.3, 0.4) is 0 Å². The highest BCUT2D eigenvalue weighted by molar-refractivity contribution is 6.31. The van der Waals surface area contributed by atoms with E-state index in [4.69, 9.17) is 21.1 Å². The Bertz CT molecular complexity index is 966. The molecule has 3 rings (SSSR count). The van der Waals surface area contributed by atoms with Gasteiger partial charge in [-0.2, -0.15) is 0 Å². The van der Waals surface area contributed by atoms with Crippen molar-refractivity contribution in [2.45, 2.75) is 20.0 Å². The zero-order valence-electron chi connectivity index (χ0n) is 15.0. The predicted octanol–water partition coefficient (Wildman–Crippen LogP) is 4.27. The number of aromatic nitrogens is 2. The lowest BCUT2D eigenvalue weighted by molar-refractivity contribution is 0.102. The molecule has 7 heteroatoms. The average molecular weight is 374 g/mol. The summed E-state index contributed by atoms with van der Waals surface area (Å²) in [5.41, 5.74) is 2.04. The molecule has 0 aliphatic heterocycles. The Kier molecular flexibility index (Phi) is 5.04. The number of halogens is 1. The van der Waals surface area contributed by atoms with E-state index in [2.05, 4.69) is 10.3 Å². The first-order valence-corrected chi connectivity index (χ1v) is 8.55. The van der Waals surface area contributed by atoms with Gasteiger partial charge in [-0.15, -0.1) is 0 Å². The normalized spacial score (nSPS) is 11.0. The van der Waals surface area contributed by atoms with Gasteiger partial charge in [-0.25, -0.2) is 4.98 Å². The van der Waals surface area contributed by atoms with E-state index in [1.165, 1.54) is 0 Å². The molecule has 1 heterocycles. The lowest BCUT2D eigenvalue weighted by Crippen LogP contribution is -2.15.